The number of hydrogen-bond donors (Lipinski definition) is 2. The molecule has 0 aliphatic carbocycles. The number of aromatic nitrogens is 3. The summed E-state index contributed by atoms with van der Waals surface area (Å²) in [7, 11) is 4.13. The maximum Gasteiger partial charge on any atom is 0.246 e. The highest BCUT2D eigenvalue weighted by atomic mass is 15.3. The average Bonchev–Trinajstić information content (AvgIpc) is 2.94. The Morgan fingerprint density at radius 1 is 1.00 bits per heavy atom. The largest absolute Gasteiger partial charge is 0.323 e. The molecule has 0 unspecified atom stereocenters. The van der Waals surface area contributed by atoms with Crippen molar-refractivity contribution < 1.29 is 0 Å². The van der Waals surface area contributed by atoms with Gasteiger partial charge in [-0.15, -0.1) is 5.10 Å². The highest BCUT2D eigenvalue weighted by molar-refractivity contribution is 5.60. The molecular formula is C19H23N5. The third-order valence-electron chi connectivity index (χ3n) is 3.69. The molecular weight excluding hydrogens is 298 g/mol. The van der Waals surface area contributed by atoms with Gasteiger partial charge in [0.25, 0.3) is 0 Å². The van der Waals surface area contributed by atoms with Gasteiger partial charge in [0, 0.05) is 17.8 Å². The molecule has 0 saturated carbocycles. The second kappa shape index (κ2) is 6.84. The molecule has 2 aromatic carbocycles. The lowest BCUT2D eigenvalue weighted by atomic mass is 10.1. The van der Waals surface area contributed by atoms with Crippen LogP contribution in [0.5, 0.6) is 0 Å². The van der Waals surface area contributed by atoms with Gasteiger partial charge < -0.3 is 10.2 Å². The first-order chi connectivity index (χ1) is 11.5. The van der Waals surface area contributed by atoms with Crippen LogP contribution >= 0.6 is 0 Å². The van der Waals surface area contributed by atoms with Crippen LogP contribution in [-0.2, 0) is 6.54 Å². The van der Waals surface area contributed by atoms with Crippen molar-refractivity contribution >= 4 is 11.6 Å². The normalized spacial score (nSPS) is 11.0. The van der Waals surface area contributed by atoms with Crippen LogP contribution in [0.3, 0.4) is 0 Å². The summed E-state index contributed by atoms with van der Waals surface area (Å²) in [6.45, 7) is 5.09. The van der Waals surface area contributed by atoms with Crippen LogP contribution in [0.2, 0.25) is 0 Å². The second-order valence-corrected chi connectivity index (χ2v) is 6.44. The number of nitrogens with zero attached hydrogens (tertiary/aromatic N) is 3. The van der Waals surface area contributed by atoms with E-state index in [9.17, 15) is 0 Å². The zero-order valence-corrected chi connectivity index (χ0v) is 14.6. The maximum absolute atomic E-state index is 4.54. The van der Waals surface area contributed by atoms with Gasteiger partial charge in [0.2, 0.25) is 5.95 Å². The number of aromatic amines is 1. The summed E-state index contributed by atoms with van der Waals surface area (Å²) in [5.74, 6) is 1.34. The van der Waals surface area contributed by atoms with Crippen molar-refractivity contribution in [3.8, 4) is 11.4 Å². The zero-order valence-electron chi connectivity index (χ0n) is 14.6. The molecule has 5 nitrogen and oxygen atoms in total. The predicted octanol–water partition coefficient (Wildman–Crippen LogP) is 3.89. The van der Waals surface area contributed by atoms with E-state index in [1.54, 1.807) is 0 Å². The Balaban J connectivity index is 1.75. The molecule has 0 saturated heterocycles. The van der Waals surface area contributed by atoms with Gasteiger partial charge in [-0.05, 0) is 56.8 Å². The van der Waals surface area contributed by atoms with Gasteiger partial charge in [0.05, 0.1) is 0 Å². The highest BCUT2D eigenvalue weighted by Crippen LogP contribution is 2.20. The van der Waals surface area contributed by atoms with Gasteiger partial charge in [-0.25, -0.2) is 0 Å². The third kappa shape index (κ3) is 4.00. The van der Waals surface area contributed by atoms with Crippen molar-refractivity contribution in [1.82, 2.24) is 20.1 Å². The lowest BCUT2D eigenvalue weighted by molar-refractivity contribution is 0.402. The molecule has 3 aromatic rings. The minimum Gasteiger partial charge on any atom is -0.323 e. The summed E-state index contributed by atoms with van der Waals surface area (Å²) in [6, 6.07) is 14.7. The smallest absolute Gasteiger partial charge is 0.246 e. The Morgan fingerprint density at radius 3 is 2.29 bits per heavy atom. The van der Waals surface area contributed by atoms with E-state index < -0.39 is 0 Å². The molecule has 5 heteroatoms. The summed E-state index contributed by atoms with van der Waals surface area (Å²) in [4.78, 5) is 6.69. The summed E-state index contributed by atoms with van der Waals surface area (Å²) in [5, 5.41) is 10.5. The molecule has 3 rings (SSSR count). The third-order valence-corrected chi connectivity index (χ3v) is 3.69. The van der Waals surface area contributed by atoms with Crippen LogP contribution in [-0.4, -0.2) is 34.2 Å². The summed E-state index contributed by atoms with van der Waals surface area (Å²) >= 11 is 0. The van der Waals surface area contributed by atoms with E-state index in [0.29, 0.717) is 5.95 Å². The molecule has 0 aliphatic heterocycles. The van der Waals surface area contributed by atoms with Crippen LogP contribution in [0.4, 0.5) is 11.6 Å². The highest BCUT2D eigenvalue weighted by Gasteiger charge is 2.07. The van der Waals surface area contributed by atoms with Crippen molar-refractivity contribution in [2.24, 2.45) is 0 Å². The first-order valence-electron chi connectivity index (χ1n) is 8.01. The van der Waals surface area contributed by atoms with Gasteiger partial charge in [-0.2, -0.15) is 4.98 Å². The first kappa shape index (κ1) is 16.2. The molecule has 1 aromatic heterocycles. The number of benzene rings is 2. The van der Waals surface area contributed by atoms with Crippen molar-refractivity contribution in [3.05, 3.63) is 59.2 Å². The minimum absolute atomic E-state index is 0.576. The molecule has 0 amide bonds. The summed E-state index contributed by atoms with van der Waals surface area (Å²) in [6.07, 6.45) is 0. The number of anilines is 2. The van der Waals surface area contributed by atoms with E-state index in [2.05, 4.69) is 95.8 Å². The summed E-state index contributed by atoms with van der Waals surface area (Å²) < 4.78 is 0. The van der Waals surface area contributed by atoms with E-state index in [1.807, 2.05) is 0 Å². The lowest BCUT2D eigenvalue weighted by Crippen LogP contribution is -2.10. The molecule has 0 aliphatic rings. The van der Waals surface area contributed by atoms with Crippen molar-refractivity contribution in [2.45, 2.75) is 20.4 Å². The standard InChI is InChI=1S/C19H23N5/c1-13-9-14(2)11-17(10-13)20-19-21-18(22-23-19)16-7-5-15(6-8-16)12-24(3)4/h5-11H,12H2,1-4H3,(H2,20,21,22,23). The number of hydrogen-bond acceptors (Lipinski definition) is 4. The fourth-order valence-electron chi connectivity index (χ4n) is 2.76. The van der Waals surface area contributed by atoms with E-state index >= 15 is 0 Å². The minimum atomic E-state index is 0.576. The molecule has 1 heterocycles. The molecule has 0 bridgehead atoms. The van der Waals surface area contributed by atoms with Gasteiger partial charge in [0.15, 0.2) is 5.82 Å². The van der Waals surface area contributed by atoms with Crippen LogP contribution in [0.1, 0.15) is 16.7 Å². The van der Waals surface area contributed by atoms with E-state index in [-0.39, 0.29) is 0 Å². The number of nitrogens with one attached hydrogen (secondary N) is 2. The second-order valence-electron chi connectivity index (χ2n) is 6.44. The molecule has 0 fully saturated rings. The Kier molecular flexibility index (Phi) is 4.62. The molecule has 0 atom stereocenters. The lowest BCUT2D eigenvalue weighted by Gasteiger charge is -2.09. The Hall–Kier alpha value is -2.66. The Morgan fingerprint density at radius 2 is 1.67 bits per heavy atom. The SMILES string of the molecule is Cc1cc(C)cc(Nc2n[nH]c(-c3ccc(CN(C)C)cc3)n2)c1. The van der Waals surface area contributed by atoms with Crippen LogP contribution in [0.15, 0.2) is 42.5 Å². The molecule has 0 radical (unpaired) electrons. The fourth-order valence-corrected chi connectivity index (χ4v) is 2.76. The molecule has 0 spiro atoms. The van der Waals surface area contributed by atoms with Crippen LogP contribution < -0.4 is 5.32 Å². The Bertz CT molecular complexity index is 798. The number of aryl methyl sites for hydroxylation is 2. The van der Waals surface area contributed by atoms with E-state index in [1.165, 1.54) is 16.7 Å². The number of rotatable bonds is 5. The van der Waals surface area contributed by atoms with Crippen molar-refractivity contribution in [2.75, 3.05) is 19.4 Å². The quantitative estimate of drug-likeness (QED) is 0.748. The maximum atomic E-state index is 4.54. The van der Waals surface area contributed by atoms with Gasteiger partial charge >= 0.3 is 0 Å². The molecule has 124 valence electrons. The van der Waals surface area contributed by atoms with E-state index in [4.69, 9.17) is 0 Å². The first-order valence-corrected chi connectivity index (χ1v) is 8.01. The fraction of sp³-hybridized carbons (Fsp3) is 0.263. The molecule has 24 heavy (non-hydrogen) atoms. The van der Waals surface area contributed by atoms with Gasteiger partial charge in [-0.3, -0.25) is 5.10 Å². The van der Waals surface area contributed by atoms with Gasteiger partial charge in [0.1, 0.15) is 0 Å². The van der Waals surface area contributed by atoms with Gasteiger partial charge in [-0.1, -0.05) is 30.3 Å². The summed E-state index contributed by atoms with van der Waals surface area (Å²) in [5.41, 5.74) is 5.73. The van der Waals surface area contributed by atoms with Crippen LogP contribution in [0.25, 0.3) is 11.4 Å². The monoisotopic (exact) mass is 321 g/mol. The average molecular weight is 321 g/mol. The predicted molar refractivity (Wildman–Crippen MR) is 98.4 cm³/mol. The van der Waals surface area contributed by atoms with Crippen molar-refractivity contribution in [1.29, 1.82) is 0 Å². The van der Waals surface area contributed by atoms with Crippen molar-refractivity contribution in [3.63, 3.8) is 0 Å². The zero-order chi connectivity index (χ0) is 17.1. The van der Waals surface area contributed by atoms with E-state index in [0.717, 1.165) is 23.6 Å². The topological polar surface area (TPSA) is 56.8 Å². The Labute approximate surface area is 142 Å². The van der Waals surface area contributed by atoms with Crippen LogP contribution in [0, 0.1) is 13.8 Å². The number of H-pyrrole nitrogens is 1. The molecule has 2 N–H and O–H groups in total.